The van der Waals surface area contributed by atoms with Crippen molar-refractivity contribution in [2.24, 2.45) is 5.92 Å². The third-order valence-corrected chi connectivity index (χ3v) is 6.26. The number of rotatable bonds is 8. The number of halogens is 6. The summed E-state index contributed by atoms with van der Waals surface area (Å²) in [7, 11) is 1.70. The normalized spacial score (nSPS) is 17.9. The van der Waals surface area contributed by atoms with Gasteiger partial charge in [-0.25, -0.2) is 9.59 Å². The highest BCUT2D eigenvalue weighted by molar-refractivity contribution is 5.73. The van der Waals surface area contributed by atoms with E-state index >= 15 is 0 Å². The number of carboxylic acids is 2. The summed E-state index contributed by atoms with van der Waals surface area (Å²) in [5.74, 6) is -4.01. The van der Waals surface area contributed by atoms with Crippen molar-refractivity contribution >= 4 is 11.9 Å². The van der Waals surface area contributed by atoms with Crippen LogP contribution in [0.15, 0.2) is 48.8 Å². The summed E-state index contributed by atoms with van der Waals surface area (Å²) in [6.07, 6.45) is -4.33. The number of benzene rings is 1. The van der Waals surface area contributed by atoms with E-state index in [1.807, 2.05) is 36.7 Å². The van der Waals surface area contributed by atoms with Crippen LogP contribution in [0.2, 0.25) is 0 Å². The smallest absolute Gasteiger partial charge is 0.490 e. The average Bonchev–Trinajstić information content (AvgIpc) is 3.31. The van der Waals surface area contributed by atoms with Gasteiger partial charge in [0.1, 0.15) is 5.75 Å². The Morgan fingerprint density at radius 2 is 1.51 bits per heavy atom. The van der Waals surface area contributed by atoms with Crippen LogP contribution in [0, 0.1) is 5.92 Å². The zero-order chi connectivity index (χ0) is 30.7. The Hall–Kier alpha value is -3.43. The first-order chi connectivity index (χ1) is 19.2. The lowest BCUT2D eigenvalue weighted by Crippen LogP contribution is -2.64. The van der Waals surface area contributed by atoms with Gasteiger partial charge in [0, 0.05) is 45.2 Å². The maximum Gasteiger partial charge on any atom is 0.490 e. The fourth-order valence-electron chi connectivity index (χ4n) is 4.25. The van der Waals surface area contributed by atoms with Crippen molar-refractivity contribution in [3.63, 3.8) is 0 Å². The van der Waals surface area contributed by atoms with E-state index in [1.165, 1.54) is 11.1 Å². The minimum Gasteiger partial charge on any atom is -0.497 e. The molecule has 2 saturated heterocycles. The molecule has 3 heterocycles. The molecule has 1 spiro atoms. The topological polar surface area (TPSA) is 118 Å². The first-order valence-electron chi connectivity index (χ1n) is 12.2. The third-order valence-electron chi connectivity index (χ3n) is 6.26. The Bertz CT molecular complexity index is 1070. The molecule has 4 rings (SSSR count). The van der Waals surface area contributed by atoms with Gasteiger partial charge in [0.2, 0.25) is 0 Å². The largest absolute Gasteiger partial charge is 0.497 e. The molecule has 9 nitrogen and oxygen atoms in total. The number of methoxy groups -OCH3 is 1. The van der Waals surface area contributed by atoms with Crippen molar-refractivity contribution in [3.05, 3.63) is 59.9 Å². The lowest BCUT2D eigenvalue weighted by Gasteiger charge is -2.50. The van der Waals surface area contributed by atoms with Gasteiger partial charge in [0.25, 0.3) is 0 Å². The van der Waals surface area contributed by atoms with Crippen molar-refractivity contribution in [3.8, 4) is 5.75 Å². The van der Waals surface area contributed by atoms with Gasteiger partial charge in [-0.15, -0.1) is 0 Å². The highest BCUT2D eigenvalue weighted by atomic mass is 19.4. The van der Waals surface area contributed by atoms with Gasteiger partial charge < -0.3 is 24.4 Å². The minimum absolute atomic E-state index is 0.0481. The van der Waals surface area contributed by atoms with Crippen molar-refractivity contribution in [1.82, 2.24) is 9.88 Å². The van der Waals surface area contributed by atoms with Crippen molar-refractivity contribution in [1.29, 1.82) is 0 Å². The van der Waals surface area contributed by atoms with Crippen molar-refractivity contribution < 1.29 is 60.4 Å². The van der Waals surface area contributed by atoms with Crippen LogP contribution in [0.25, 0.3) is 0 Å². The summed E-state index contributed by atoms with van der Waals surface area (Å²) in [6, 6.07) is 12.3. The van der Waals surface area contributed by atoms with E-state index in [2.05, 4.69) is 22.0 Å². The summed E-state index contributed by atoms with van der Waals surface area (Å²) in [5, 5.41) is 14.2. The van der Waals surface area contributed by atoms with Crippen LogP contribution in [-0.4, -0.2) is 83.4 Å². The molecule has 2 aromatic rings. The second-order valence-electron chi connectivity index (χ2n) is 9.19. The molecule has 2 aliphatic rings. The highest BCUT2D eigenvalue weighted by Gasteiger charge is 2.52. The van der Waals surface area contributed by atoms with Gasteiger partial charge in [-0.3, -0.25) is 9.88 Å². The van der Waals surface area contributed by atoms with Gasteiger partial charge in [0.15, 0.2) is 0 Å². The molecule has 1 atom stereocenters. The molecule has 0 saturated carbocycles. The molecule has 2 fully saturated rings. The summed E-state index contributed by atoms with van der Waals surface area (Å²) < 4.78 is 80.8. The van der Waals surface area contributed by atoms with E-state index in [-0.39, 0.29) is 5.60 Å². The Labute approximate surface area is 231 Å². The SMILES string of the molecule is COc1ccc(CN2CC3(C2)OCCC3CCOCc2ccncc2)cc1.O=C(O)C(F)(F)F.O=C(O)C(F)(F)F. The molecule has 0 amide bonds. The third kappa shape index (κ3) is 11.2. The van der Waals surface area contributed by atoms with Crippen LogP contribution >= 0.6 is 0 Å². The maximum atomic E-state index is 10.6. The number of aliphatic carboxylic acids is 2. The number of ether oxygens (including phenoxy) is 3. The number of pyridine rings is 1. The number of carbonyl (C=O) groups is 2. The quantitative estimate of drug-likeness (QED) is 0.334. The maximum absolute atomic E-state index is 10.6. The molecule has 228 valence electrons. The summed E-state index contributed by atoms with van der Waals surface area (Å²) in [6.45, 7) is 5.34. The van der Waals surface area contributed by atoms with E-state index in [4.69, 9.17) is 34.0 Å². The number of alkyl halides is 6. The predicted molar refractivity (Wildman–Crippen MR) is 131 cm³/mol. The summed E-state index contributed by atoms with van der Waals surface area (Å²) in [4.78, 5) is 24.3. The van der Waals surface area contributed by atoms with Crippen LogP contribution in [0.1, 0.15) is 24.0 Å². The zero-order valence-corrected chi connectivity index (χ0v) is 22.0. The van der Waals surface area contributed by atoms with Crippen molar-refractivity contribution in [2.75, 3.05) is 33.4 Å². The van der Waals surface area contributed by atoms with Crippen molar-refractivity contribution in [2.45, 2.75) is 43.9 Å². The van der Waals surface area contributed by atoms with E-state index in [9.17, 15) is 26.3 Å². The monoisotopic (exact) mass is 596 g/mol. The number of aromatic nitrogens is 1. The Kier molecular flexibility index (Phi) is 12.3. The molecule has 2 N–H and O–H groups in total. The molecule has 1 aromatic heterocycles. The number of hydrogen-bond donors (Lipinski definition) is 2. The van der Waals surface area contributed by atoms with Crippen LogP contribution < -0.4 is 4.74 Å². The van der Waals surface area contributed by atoms with Gasteiger partial charge in [-0.2, -0.15) is 26.3 Å². The summed E-state index contributed by atoms with van der Waals surface area (Å²) >= 11 is 0. The molecule has 15 heteroatoms. The number of nitrogens with zero attached hydrogens (tertiary/aromatic N) is 2. The first-order valence-corrected chi connectivity index (χ1v) is 12.2. The van der Waals surface area contributed by atoms with Gasteiger partial charge in [-0.1, -0.05) is 12.1 Å². The van der Waals surface area contributed by atoms with E-state index in [0.717, 1.165) is 51.4 Å². The first kappa shape index (κ1) is 33.8. The molecule has 2 aliphatic heterocycles. The molecule has 41 heavy (non-hydrogen) atoms. The van der Waals surface area contributed by atoms with Crippen LogP contribution in [0.3, 0.4) is 0 Å². The van der Waals surface area contributed by atoms with Crippen LogP contribution in [0.4, 0.5) is 26.3 Å². The Morgan fingerprint density at radius 3 is 2.00 bits per heavy atom. The van der Waals surface area contributed by atoms with Crippen LogP contribution in [0.5, 0.6) is 5.75 Å². The van der Waals surface area contributed by atoms with E-state index < -0.39 is 24.3 Å². The highest BCUT2D eigenvalue weighted by Crippen LogP contribution is 2.42. The fourth-order valence-corrected chi connectivity index (χ4v) is 4.25. The fraction of sp³-hybridized carbons (Fsp3) is 0.500. The Balaban J connectivity index is 0.000000349. The molecule has 0 aliphatic carbocycles. The molecular formula is C26H30F6N2O7. The van der Waals surface area contributed by atoms with Gasteiger partial charge in [0.05, 0.1) is 19.3 Å². The molecular weight excluding hydrogens is 566 g/mol. The Morgan fingerprint density at radius 1 is 0.976 bits per heavy atom. The minimum atomic E-state index is -5.08. The van der Waals surface area contributed by atoms with E-state index in [0.29, 0.717) is 12.5 Å². The molecule has 1 unspecified atom stereocenters. The zero-order valence-electron chi connectivity index (χ0n) is 22.0. The molecule has 0 bridgehead atoms. The standard InChI is InChI=1S/C22H28N2O3.2C2HF3O2/c1-25-21-4-2-18(3-5-21)14-24-16-22(17-24)20(9-13-27-22)8-12-26-15-19-6-10-23-11-7-19;2*3-2(4,5)1(6)7/h2-7,10-11,20H,8-9,12-17H2,1H3;2*(H,6,7). The summed E-state index contributed by atoms with van der Waals surface area (Å²) in [5.41, 5.74) is 2.55. The number of hydrogen-bond acceptors (Lipinski definition) is 7. The average molecular weight is 597 g/mol. The van der Waals surface area contributed by atoms with Crippen LogP contribution in [-0.2, 0) is 32.2 Å². The van der Waals surface area contributed by atoms with Gasteiger partial charge in [-0.05, 0) is 54.2 Å². The predicted octanol–water partition coefficient (Wildman–Crippen LogP) is 4.55. The second-order valence-corrected chi connectivity index (χ2v) is 9.19. The van der Waals surface area contributed by atoms with E-state index in [1.54, 1.807) is 7.11 Å². The molecule has 0 radical (unpaired) electrons. The van der Waals surface area contributed by atoms with Gasteiger partial charge >= 0.3 is 24.3 Å². The number of carboxylic acid groups (broad SMARTS) is 2. The second kappa shape index (κ2) is 15.0. The lowest BCUT2D eigenvalue weighted by atomic mass is 9.79. The number of likely N-dealkylation sites (tertiary alicyclic amines) is 1. The molecule has 1 aromatic carbocycles. The lowest BCUT2D eigenvalue weighted by molar-refractivity contribution is -0.193.